The third-order valence-corrected chi connectivity index (χ3v) is 4.89. The van der Waals surface area contributed by atoms with Crippen molar-refractivity contribution in [3.63, 3.8) is 0 Å². The first kappa shape index (κ1) is 14.2. The van der Waals surface area contributed by atoms with E-state index >= 15 is 0 Å². The van der Waals surface area contributed by atoms with E-state index < -0.39 is 9.84 Å². The predicted molar refractivity (Wildman–Crippen MR) is 76.9 cm³/mol. The van der Waals surface area contributed by atoms with Crippen LogP contribution in [0.2, 0.25) is 4.34 Å². The zero-order chi connectivity index (χ0) is 14.0. The van der Waals surface area contributed by atoms with Gasteiger partial charge >= 0.3 is 0 Å². The van der Waals surface area contributed by atoms with Crippen molar-refractivity contribution < 1.29 is 13.2 Å². The number of hydrogen-bond acceptors (Lipinski definition) is 4. The van der Waals surface area contributed by atoms with Crippen molar-refractivity contribution >= 4 is 38.6 Å². The molecule has 0 atom stereocenters. The smallest absolute Gasteiger partial charge is 0.175 e. The third kappa shape index (κ3) is 3.65. The maximum Gasteiger partial charge on any atom is 0.175 e. The molecule has 0 saturated heterocycles. The Balaban J connectivity index is 2.25. The number of Topliss-reactive ketones (excluding diaryl/α,β-unsaturated/α-hetero) is 1. The molecular formula is C13H11ClO3S2. The lowest BCUT2D eigenvalue weighted by Crippen LogP contribution is -2.04. The summed E-state index contributed by atoms with van der Waals surface area (Å²) >= 11 is 7.15. The Morgan fingerprint density at radius 2 is 2.00 bits per heavy atom. The second kappa shape index (κ2) is 5.45. The summed E-state index contributed by atoms with van der Waals surface area (Å²) in [4.78, 5) is 13.1. The van der Waals surface area contributed by atoms with Crippen LogP contribution in [0.4, 0.5) is 0 Å². The van der Waals surface area contributed by atoms with E-state index in [4.69, 9.17) is 11.6 Å². The van der Waals surface area contributed by atoms with Gasteiger partial charge in [-0.05, 0) is 24.3 Å². The maximum atomic E-state index is 12.1. The topological polar surface area (TPSA) is 51.2 Å². The number of benzene rings is 1. The monoisotopic (exact) mass is 314 g/mol. The van der Waals surface area contributed by atoms with E-state index in [0.717, 1.165) is 11.1 Å². The van der Waals surface area contributed by atoms with Crippen molar-refractivity contribution in [3.8, 4) is 0 Å². The van der Waals surface area contributed by atoms with Gasteiger partial charge in [-0.2, -0.15) is 0 Å². The lowest BCUT2D eigenvalue weighted by atomic mass is 10.1. The summed E-state index contributed by atoms with van der Waals surface area (Å²) in [5, 5.41) is 0. The molecule has 1 aromatic carbocycles. The molecule has 1 aromatic heterocycles. The van der Waals surface area contributed by atoms with Gasteiger partial charge in [-0.25, -0.2) is 8.42 Å². The zero-order valence-electron chi connectivity index (χ0n) is 10.1. The van der Waals surface area contributed by atoms with Gasteiger partial charge < -0.3 is 0 Å². The standard InChI is InChI=1S/C13H11ClO3S2/c1-19(16,17)11-4-2-3-9(7-11)12(15)8-10-5-6-13(14)18-10/h2-7H,8H2,1H3. The molecule has 0 saturated carbocycles. The fourth-order valence-corrected chi connectivity index (χ4v) is 3.36. The molecule has 0 radical (unpaired) electrons. The van der Waals surface area contributed by atoms with Gasteiger partial charge in [-0.3, -0.25) is 4.79 Å². The molecule has 0 amide bonds. The minimum atomic E-state index is -3.30. The number of carbonyl (C=O) groups excluding carboxylic acids is 1. The summed E-state index contributed by atoms with van der Waals surface area (Å²) in [6.45, 7) is 0. The van der Waals surface area contributed by atoms with Crippen LogP contribution >= 0.6 is 22.9 Å². The van der Waals surface area contributed by atoms with Crippen molar-refractivity contribution in [2.45, 2.75) is 11.3 Å². The van der Waals surface area contributed by atoms with Gasteiger partial charge in [-0.15, -0.1) is 11.3 Å². The number of rotatable bonds is 4. The lowest BCUT2D eigenvalue weighted by Gasteiger charge is -2.02. The Kier molecular flexibility index (Phi) is 4.08. The zero-order valence-corrected chi connectivity index (χ0v) is 12.5. The van der Waals surface area contributed by atoms with Crippen LogP contribution in [0.1, 0.15) is 15.2 Å². The number of ketones is 1. The van der Waals surface area contributed by atoms with Gasteiger partial charge in [0.05, 0.1) is 9.23 Å². The first-order valence-electron chi connectivity index (χ1n) is 5.44. The van der Waals surface area contributed by atoms with Gasteiger partial charge in [0.25, 0.3) is 0 Å². The molecule has 0 fully saturated rings. The number of thiophene rings is 1. The summed E-state index contributed by atoms with van der Waals surface area (Å²) in [5.41, 5.74) is 0.396. The average molecular weight is 315 g/mol. The highest BCUT2D eigenvalue weighted by Gasteiger charge is 2.13. The number of halogens is 1. The van der Waals surface area contributed by atoms with E-state index in [0.29, 0.717) is 9.90 Å². The average Bonchev–Trinajstić information content (AvgIpc) is 2.74. The first-order valence-corrected chi connectivity index (χ1v) is 8.52. The molecule has 0 spiro atoms. The fraction of sp³-hybridized carbons (Fsp3) is 0.154. The van der Waals surface area contributed by atoms with Crippen LogP contribution < -0.4 is 0 Å². The Morgan fingerprint density at radius 3 is 2.58 bits per heavy atom. The molecule has 6 heteroatoms. The van der Waals surface area contributed by atoms with Crippen molar-refractivity contribution in [1.82, 2.24) is 0 Å². The van der Waals surface area contributed by atoms with Crippen LogP contribution in [-0.2, 0) is 16.3 Å². The molecule has 0 unspecified atom stereocenters. The largest absolute Gasteiger partial charge is 0.294 e. The van der Waals surface area contributed by atoms with Crippen LogP contribution in [-0.4, -0.2) is 20.5 Å². The molecule has 0 bridgehead atoms. The Hall–Kier alpha value is -1.17. The SMILES string of the molecule is CS(=O)(=O)c1cccc(C(=O)Cc2ccc(Cl)s2)c1. The van der Waals surface area contributed by atoms with E-state index in [1.54, 1.807) is 24.3 Å². The molecule has 0 aliphatic carbocycles. The van der Waals surface area contributed by atoms with E-state index in [1.165, 1.54) is 23.5 Å². The summed E-state index contributed by atoms with van der Waals surface area (Å²) in [6, 6.07) is 9.62. The highest BCUT2D eigenvalue weighted by molar-refractivity contribution is 7.90. The minimum Gasteiger partial charge on any atom is -0.294 e. The first-order chi connectivity index (χ1) is 8.86. The second-order valence-corrected chi connectivity index (χ2v) is 7.92. The van der Waals surface area contributed by atoms with Crippen LogP contribution in [0.15, 0.2) is 41.3 Å². The van der Waals surface area contributed by atoms with Crippen LogP contribution in [0.25, 0.3) is 0 Å². The molecule has 100 valence electrons. The fourth-order valence-electron chi connectivity index (χ4n) is 1.61. The molecule has 0 N–H and O–H groups in total. The van der Waals surface area contributed by atoms with E-state index in [2.05, 4.69) is 0 Å². The second-order valence-electron chi connectivity index (χ2n) is 4.11. The number of carbonyl (C=O) groups is 1. The van der Waals surface area contributed by atoms with Crippen molar-refractivity contribution in [1.29, 1.82) is 0 Å². The van der Waals surface area contributed by atoms with Crippen LogP contribution in [0.5, 0.6) is 0 Å². The third-order valence-electron chi connectivity index (χ3n) is 2.55. The van der Waals surface area contributed by atoms with Crippen LogP contribution in [0.3, 0.4) is 0 Å². The van der Waals surface area contributed by atoms with Gasteiger partial charge in [-0.1, -0.05) is 23.7 Å². The minimum absolute atomic E-state index is 0.121. The molecule has 2 rings (SSSR count). The molecular weight excluding hydrogens is 304 g/mol. The van der Waals surface area contributed by atoms with Crippen molar-refractivity contribution in [3.05, 3.63) is 51.2 Å². The summed E-state index contributed by atoms with van der Waals surface area (Å²) < 4.78 is 23.5. The van der Waals surface area contributed by atoms with Crippen molar-refractivity contribution in [2.75, 3.05) is 6.26 Å². The van der Waals surface area contributed by atoms with Crippen molar-refractivity contribution in [2.24, 2.45) is 0 Å². The maximum absolute atomic E-state index is 12.1. The molecule has 3 nitrogen and oxygen atoms in total. The summed E-state index contributed by atoms with van der Waals surface area (Å²) in [5.74, 6) is -0.121. The molecule has 1 heterocycles. The quantitative estimate of drug-likeness (QED) is 0.814. The number of sulfone groups is 1. The predicted octanol–water partition coefficient (Wildman–Crippen LogP) is 3.23. The van der Waals surface area contributed by atoms with E-state index in [9.17, 15) is 13.2 Å². The summed E-state index contributed by atoms with van der Waals surface area (Å²) in [7, 11) is -3.30. The normalized spacial score (nSPS) is 11.5. The van der Waals surface area contributed by atoms with E-state index in [1.807, 2.05) is 0 Å². The molecule has 2 aromatic rings. The molecule has 0 aliphatic rings. The highest BCUT2D eigenvalue weighted by atomic mass is 35.5. The van der Waals surface area contributed by atoms with Gasteiger partial charge in [0.2, 0.25) is 0 Å². The summed E-state index contributed by atoms with van der Waals surface area (Å²) in [6.07, 6.45) is 1.35. The molecule has 0 aliphatic heterocycles. The Labute approximate surface area is 120 Å². The lowest BCUT2D eigenvalue weighted by molar-refractivity contribution is 0.0993. The highest BCUT2D eigenvalue weighted by Crippen LogP contribution is 2.23. The number of hydrogen-bond donors (Lipinski definition) is 0. The Morgan fingerprint density at radius 1 is 1.26 bits per heavy atom. The van der Waals surface area contributed by atoms with Gasteiger partial charge in [0.1, 0.15) is 0 Å². The van der Waals surface area contributed by atoms with Gasteiger partial charge in [0.15, 0.2) is 15.6 Å². The molecule has 19 heavy (non-hydrogen) atoms. The van der Waals surface area contributed by atoms with Crippen LogP contribution in [0, 0.1) is 0 Å². The van der Waals surface area contributed by atoms with Gasteiger partial charge in [0, 0.05) is 23.1 Å². The Bertz CT molecular complexity index is 717. The van der Waals surface area contributed by atoms with E-state index in [-0.39, 0.29) is 17.1 Å².